The molecule has 8 heteroatoms. The Morgan fingerprint density at radius 1 is 1.03 bits per heavy atom. The largest absolute Gasteiger partial charge is 0.484 e. The van der Waals surface area contributed by atoms with Gasteiger partial charge in [-0.25, -0.2) is 4.98 Å². The predicted octanol–water partition coefficient (Wildman–Crippen LogP) is 3.68. The molecule has 2 heterocycles. The first-order valence-corrected chi connectivity index (χ1v) is 9.58. The van der Waals surface area contributed by atoms with Crippen LogP contribution in [0.1, 0.15) is 0 Å². The lowest BCUT2D eigenvalue weighted by atomic mass is 10.3. The van der Waals surface area contributed by atoms with E-state index in [4.69, 9.17) is 16.3 Å². The molecule has 6 nitrogen and oxygen atoms in total. The molecule has 29 heavy (non-hydrogen) atoms. The van der Waals surface area contributed by atoms with Crippen LogP contribution in [-0.4, -0.2) is 53.1 Å². The fourth-order valence-electron chi connectivity index (χ4n) is 3.27. The summed E-state index contributed by atoms with van der Waals surface area (Å²) in [6, 6.07) is 17.1. The van der Waals surface area contributed by atoms with Crippen molar-refractivity contribution >= 4 is 35.9 Å². The van der Waals surface area contributed by atoms with Gasteiger partial charge in [0.15, 0.2) is 6.61 Å². The number of carbonyl (C=O) groups is 1. The van der Waals surface area contributed by atoms with Crippen LogP contribution >= 0.6 is 24.0 Å². The van der Waals surface area contributed by atoms with E-state index in [9.17, 15) is 4.79 Å². The minimum absolute atomic E-state index is 0. The van der Waals surface area contributed by atoms with Crippen molar-refractivity contribution < 1.29 is 9.53 Å². The summed E-state index contributed by atoms with van der Waals surface area (Å²) in [4.78, 5) is 21.0. The van der Waals surface area contributed by atoms with Crippen molar-refractivity contribution in [3.05, 3.63) is 72.0 Å². The van der Waals surface area contributed by atoms with E-state index in [1.54, 1.807) is 6.20 Å². The fraction of sp³-hybridized carbons (Fsp3) is 0.238. The van der Waals surface area contributed by atoms with Crippen molar-refractivity contribution in [2.24, 2.45) is 0 Å². The molecule has 2 aromatic carbocycles. The van der Waals surface area contributed by atoms with Crippen molar-refractivity contribution in [3.63, 3.8) is 0 Å². The van der Waals surface area contributed by atoms with Gasteiger partial charge in [0, 0.05) is 49.3 Å². The van der Waals surface area contributed by atoms with E-state index in [0.29, 0.717) is 37.0 Å². The van der Waals surface area contributed by atoms with Crippen LogP contribution in [0.4, 0.5) is 5.95 Å². The Morgan fingerprint density at radius 3 is 2.52 bits per heavy atom. The molecule has 1 aromatic heterocycles. The van der Waals surface area contributed by atoms with Crippen molar-refractivity contribution in [3.8, 4) is 11.4 Å². The summed E-state index contributed by atoms with van der Waals surface area (Å²) >= 11 is 6.12. The Kier molecular flexibility index (Phi) is 7.01. The highest BCUT2D eigenvalue weighted by Gasteiger charge is 2.24. The van der Waals surface area contributed by atoms with Gasteiger partial charge in [-0.15, -0.1) is 12.4 Å². The third kappa shape index (κ3) is 5.02. The van der Waals surface area contributed by atoms with Gasteiger partial charge < -0.3 is 14.5 Å². The summed E-state index contributed by atoms with van der Waals surface area (Å²) in [6.07, 6.45) is 3.70. The molecular weight excluding hydrogens is 411 g/mol. The average Bonchev–Trinajstić information content (AvgIpc) is 3.23. The number of ether oxygens (including phenoxy) is 1. The number of amides is 1. The Morgan fingerprint density at radius 2 is 1.79 bits per heavy atom. The number of rotatable bonds is 5. The van der Waals surface area contributed by atoms with Gasteiger partial charge in [0.25, 0.3) is 5.91 Å². The van der Waals surface area contributed by atoms with Gasteiger partial charge in [-0.1, -0.05) is 35.9 Å². The molecule has 0 radical (unpaired) electrons. The molecule has 3 aromatic rings. The van der Waals surface area contributed by atoms with E-state index in [2.05, 4.69) is 9.88 Å². The lowest BCUT2D eigenvalue weighted by Gasteiger charge is -2.35. The number of imidazole rings is 1. The van der Waals surface area contributed by atoms with Crippen LogP contribution in [0.15, 0.2) is 67.0 Å². The van der Waals surface area contributed by atoms with Gasteiger partial charge in [-0.2, -0.15) is 0 Å². The van der Waals surface area contributed by atoms with Gasteiger partial charge in [-0.05, 0) is 30.3 Å². The Balaban J connectivity index is 0.00000240. The number of aromatic nitrogens is 2. The van der Waals surface area contributed by atoms with E-state index in [1.165, 1.54) is 0 Å². The van der Waals surface area contributed by atoms with E-state index in [0.717, 1.165) is 11.6 Å². The standard InChI is InChI=1S/C21H21ClN4O2.ClH/c22-17-5-4-6-18(15-17)26-10-9-23-21(26)25-13-11-24(12-14-25)20(27)16-28-19-7-2-1-3-8-19;/h1-10,15H,11-14,16H2;1H. The first-order chi connectivity index (χ1) is 13.7. The van der Waals surface area contributed by atoms with E-state index in [1.807, 2.05) is 70.3 Å². The monoisotopic (exact) mass is 432 g/mol. The summed E-state index contributed by atoms with van der Waals surface area (Å²) in [7, 11) is 0. The van der Waals surface area contributed by atoms with Crippen molar-refractivity contribution in [1.82, 2.24) is 14.5 Å². The SMILES string of the molecule is Cl.O=C(COc1ccccc1)N1CCN(c2nccn2-c2cccc(Cl)c2)CC1. The summed E-state index contributed by atoms with van der Waals surface area (Å²) in [6.45, 7) is 2.77. The molecule has 0 unspecified atom stereocenters. The second kappa shape index (κ2) is 9.67. The maximum Gasteiger partial charge on any atom is 0.260 e. The van der Waals surface area contributed by atoms with Crippen LogP contribution in [0.2, 0.25) is 5.02 Å². The number of piperazine rings is 1. The molecule has 1 aliphatic heterocycles. The van der Waals surface area contributed by atoms with E-state index in [-0.39, 0.29) is 24.9 Å². The van der Waals surface area contributed by atoms with Gasteiger partial charge in [-0.3, -0.25) is 9.36 Å². The van der Waals surface area contributed by atoms with Gasteiger partial charge in [0.2, 0.25) is 5.95 Å². The zero-order valence-corrected chi connectivity index (χ0v) is 17.4. The lowest BCUT2D eigenvalue weighted by molar-refractivity contribution is -0.133. The number of benzene rings is 2. The number of carbonyl (C=O) groups excluding carboxylic acids is 1. The van der Waals surface area contributed by atoms with Gasteiger partial charge in [0.05, 0.1) is 0 Å². The molecule has 0 saturated carbocycles. The van der Waals surface area contributed by atoms with Crippen LogP contribution in [0.25, 0.3) is 5.69 Å². The van der Waals surface area contributed by atoms with Crippen LogP contribution < -0.4 is 9.64 Å². The maximum absolute atomic E-state index is 12.4. The molecule has 1 fully saturated rings. The molecule has 1 amide bonds. The summed E-state index contributed by atoms with van der Waals surface area (Å²) in [5, 5.41) is 0.686. The van der Waals surface area contributed by atoms with Crippen molar-refractivity contribution in [2.75, 3.05) is 37.7 Å². The zero-order valence-electron chi connectivity index (χ0n) is 15.8. The normalized spacial score (nSPS) is 13.7. The molecule has 0 bridgehead atoms. The second-order valence-electron chi connectivity index (χ2n) is 6.55. The molecular formula is C21H22Cl2N4O2. The number of halogens is 2. The van der Waals surface area contributed by atoms with E-state index >= 15 is 0 Å². The van der Waals surface area contributed by atoms with Crippen LogP contribution in [0.3, 0.4) is 0 Å². The van der Waals surface area contributed by atoms with Crippen LogP contribution in [-0.2, 0) is 4.79 Å². The minimum Gasteiger partial charge on any atom is -0.484 e. The molecule has 4 rings (SSSR count). The first kappa shape index (κ1) is 21.0. The van der Waals surface area contributed by atoms with Crippen LogP contribution in [0.5, 0.6) is 5.75 Å². The molecule has 0 spiro atoms. The zero-order chi connectivity index (χ0) is 19.3. The maximum atomic E-state index is 12.4. The molecule has 1 saturated heterocycles. The predicted molar refractivity (Wildman–Crippen MR) is 117 cm³/mol. The fourth-order valence-corrected chi connectivity index (χ4v) is 3.45. The lowest BCUT2D eigenvalue weighted by Crippen LogP contribution is -2.50. The van der Waals surface area contributed by atoms with Crippen LogP contribution in [0, 0.1) is 0 Å². The number of anilines is 1. The number of para-hydroxylation sites is 1. The Labute approximate surface area is 181 Å². The van der Waals surface area contributed by atoms with Crippen molar-refractivity contribution in [1.29, 1.82) is 0 Å². The van der Waals surface area contributed by atoms with Gasteiger partial charge in [0.1, 0.15) is 5.75 Å². The highest BCUT2D eigenvalue weighted by Crippen LogP contribution is 2.22. The topological polar surface area (TPSA) is 50.6 Å². The van der Waals surface area contributed by atoms with Crippen molar-refractivity contribution in [2.45, 2.75) is 0 Å². The first-order valence-electron chi connectivity index (χ1n) is 9.20. The highest BCUT2D eigenvalue weighted by molar-refractivity contribution is 6.30. The molecule has 0 N–H and O–H groups in total. The summed E-state index contributed by atoms with van der Waals surface area (Å²) in [5.74, 6) is 1.56. The number of nitrogens with zero attached hydrogens (tertiary/aromatic N) is 4. The molecule has 0 aliphatic carbocycles. The third-order valence-electron chi connectivity index (χ3n) is 4.73. The average molecular weight is 433 g/mol. The Hall–Kier alpha value is -2.70. The summed E-state index contributed by atoms with van der Waals surface area (Å²) in [5.41, 5.74) is 0.967. The van der Waals surface area contributed by atoms with Gasteiger partial charge >= 0.3 is 0 Å². The molecule has 1 aliphatic rings. The minimum atomic E-state index is 0. The highest BCUT2D eigenvalue weighted by atomic mass is 35.5. The number of hydrogen-bond acceptors (Lipinski definition) is 4. The van der Waals surface area contributed by atoms with E-state index < -0.39 is 0 Å². The third-order valence-corrected chi connectivity index (χ3v) is 4.96. The Bertz CT molecular complexity index is 941. The number of hydrogen-bond donors (Lipinski definition) is 0. The smallest absolute Gasteiger partial charge is 0.260 e. The quantitative estimate of drug-likeness (QED) is 0.616. The summed E-state index contributed by atoms with van der Waals surface area (Å²) < 4.78 is 7.59. The molecule has 0 atom stereocenters. The molecule has 152 valence electrons. The second-order valence-corrected chi connectivity index (χ2v) is 6.98.